The summed E-state index contributed by atoms with van der Waals surface area (Å²) < 4.78 is 0. The second-order valence-electron chi connectivity index (χ2n) is 3.24. The first-order valence-corrected chi connectivity index (χ1v) is 4.17. The van der Waals surface area contributed by atoms with Gasteiger partial charge in [-0.2, -0.15) is 0 Å². The lowest BCUT2D eigenvalue weighted by Gasteiger charge is -2.02. The van der Waals surface area contributed by atoms with Gasteiger partial charge in [0.1, 0.15) is 0 Å². The van der Waals surface area contributed by atoms with E-state index in [2.05, 4.69) is 44.5 Å². The standard InChI is InChI=1S/C11H15/c1-10(2)8-9-11-6-4-3-5-7-11/h3-7,9-10H,8H2,1-2H3. The van der Waals surface area contributed by atoms with Crippen LogP contribution >= 0.6 is 0 Å². The van der Waals surface area contributed by atoms with E-state index in [9.17, 15) is 0 Å². The van der Waals surface area contributed by atoms with Gasteiger partial charge in [0.05, 0.1) is 0 Å². The minimum absolute atomic E-state index is 0.759. The molecule has 0 saturated heterocycles. The van der Waals surface area contributed by atoms with Crippen molar-refractivity contribution in [2.24, 2.45) is 5.92 Å². The maximum Gasteiger partial charge on any atom is -0.00906 e. The highest BCUT2D eigenvalue weighted by atomic mass is 14.0. The van der Waals surface area contributed by atoms with E-state index >= 15 is 0 Å². The summed E-state index contributed by atoms with van der Waals surface area (Å²) in [6.07, 6.45) is 3.45. The summed E-state index contributed by atoms with van der Waals surface area (Å²) in [6, 6.07) is 10.5. The van der Waals surface area contributed by atoms with Crippen LogP contribution in [0.15, 0.2) is 30.3 Å². The lowest BCUT2D eigenvalue weighted by molar-refractivity contribution is 0.644. The summed E-state index contributed by atoms with van der Waals surface area (Å²) in [5.74, 6) is 0.759. The Labute approximate surface area is 69.3 Å². The van der Waals surface area contributed by atoms with Crippen LogP contribution in [0.25, 0.3) is 0 Å². The smallest absolute Gasteiger partial charge is 0.00906 e. The average Bonchev–Trinajstić information content (AvgIpc) is 2.03. The summed E-state index contributed by atoms with van der Waals surface area (Å²) in [7, 11) is 0. The highest BCUT2D eigenvalue weighted by molar-refractivity contribution is 5.22. The molecule has 0 aliphatic heterocycles. The fourth-order valence-corrected chi connectivity index (χ4v) is 0.961. The first-order valence-electron chi connectivity index (χ1n) is 4.17. The Balaban J connectivity index is 2.39. The molecular formula is C11H15. The summed E-state index contributed by atoms with van der Waals surface area (Å²) in [5.41, 5.74) is 1.33. The Bertz CT molecular complexity index is 186. The first kappa shape index (κ1) is 8.32. The van der Waals surface area contributed by atoms with Crippen molar-refractivity contribution in [2.45, 2.75) is 20.3 Å². The summed E-state index contributed by atoms with van der Waals surface area (Å²) >= 11 is 0. The van der Waals surface area contributed by atoms with Crippen molar-refractivity contribution in [3.63, 3.8) is 0 Å². The molecule has 0 saturated carbocycles. The predicted molar refractivity (Wildman–Crippen MR) is 49.3 cm³/mol. The molecule has 1 rings (SSSR count). The maximum absolute atomic E-state index is 2.28. The van der Waals surface area contributed by atoms with E-state index in [0.29, 0.717) is 0 Å². The van der Waals surface area contributed by atoms with Gasteiger partial charge in [0.15, 0.2) is 0 Å². The molecule has 0 bridgehead atoms. The monoisotopic (exact) mass is 147 g/mol. The molecule has 0 nitrogen and oxygen atoms in total. The highest BCUT2D eigenvalue weighted by Gasteiger charge is 1.94. The average molecular weight is 147 g/mol. The molecule has 0 atom stereocenters. The minimum atomic E-state index is 0.759. The van der Waals surface area contributed by atoms with Gasteiger partial charge in [-0.3, -0.25) is 0 Å². The van der Waals surface area contributed by atoms with E-state index in [0.717, 1.165) is 5.92 Å². The molecule has 0 unspecified atom stereocenters. The predicted octanol–water partition coefficient (Wildman–Crippen LogP) is 3.29. The normalized spacial score (nSPS) is 10.5. The van der Waals surface area contributed by atoms with Crippen LogP contribution in [0.4, 0.5) is 0 Å². The Morgan fingerprint density at radius 1 is 1.18 bits per heavy atom. The zero-order valence-corrected chi connectivity index (χ0v) is 7.25. The van der Waals surface area contributed by atoms with Crippen molar-refractivity contribution in [3.05, 3.63) is 42.3 Å². The van der Waals surface area contributed by atoms with Crippen LogP contribution in [0.1, 0.15) is 25.8 Å². The van der Waals surface area contributed by atoms with E-state index in [1.165, 1.54) is 12.0 Å². The van der Waals surface area contributed by atoms with Crippen LogP contribution in [0, 0.1) is 12.3 Å². The molecule has 0 aliphatic rings. The van der Waals surface area contributed by atoms with Crippen molar-refractivity contribution >= 4 is 0 Å². The van der Waals surface area contributed by atoms with Crippen LogP contribution in [-0.2, 0) is 0 Å². The number of hydrogen-bond acceptors (Lipinski definition) is 0. The minimum Gasteiger partial charge on any atom is -0.0628 e. The van der Waals surface area contributed by atoms with Gasteiger partial charge in [0.2, 0.25) is 0 Å². The van der Waals surface area contributed by atoms with Gasteiger partial charge in [-0.25, -0.2) is 0 Å². The van der Waals surface area contributed by atoms with E-state index in [1.54, 1.807) is 0 Å². The molecular weight excluding hydrogens is 132 g/mol. The summed E-state index contributed by atoms with van der Waals surface area (Å²) in [4.78, 5) is 0. The highest BCUT2D eigenvalue weighted by Crippen LogP contribution is 2.09. The lowest BCUT2D eigenvalue weighted by atomic mass is 10.0. The summed E-state index contributed by atoms with van der Waals surface area (Å²) in [5, 5.41) is 0. The first-order chi connectivity index (χ1) is 5.29. The topological polar surface area (TPSA) is 0 Å². The second kappa shape index (κ2) is 4.17. The van der Waals surface area contributed by atoms with Crippen molar-refractivity contribution < 1.29 is 0 Å². The molecule has 0 N–H and O–H groups in total. The largest absolute Gasteiger partial charge is 0.0628 e. The molecule has 0 heterocycles. The van der Waals surface area contributed by atoms with Crippen LogP contribution in [0.5, 0.6) is 0 Å². The van der Waals surface area contributed by atoms with Gasteiger partial charge in [0, 0.05) is 0 Å². The SMILES string of the molecule is CC(C)C[CH]c1ccccc1. The van der Waals surface area contributed by atoms with E-state index in [1.807, 2.05) is 6.07 Å². The third-order valence-electron chi connectivity index (χ3n) is 1.62. The van der Waals surface area contributed by atoms with Crippen LogP contribution in [-0.4, -0.2) is 0 Å². The molecule has 0 aliphatic carbocycles. The number of benzene rings is 1. The fraction of sp³-hybridized carbons (Fsp3) is 0.364. The van der Waals surface area contributed by atoms with Crippen molar-refractivity contribution in [1.82, 2.24) is 0 Å². The van der Waals surface area contributed by atoms with Crippen molar-refractivity contribution in [2.75, 3.05) is 0 Å². The molecule has 59 valence electrons. The third-order valence-corrected chi connectivity index (χ3v) is 1.62. The van der Waals surface area contributed by atoms with Crippen molar-refractivity contribution in [3.8, 4) is 0 Å². The maximum atomic E-state index is 2.28. The van der Waals surface area contributed by atoms with Crippen LogP contribution in [0.2, 0.25) is 0 Å². The van der Waals surface area contributed by atoms with E-state index in [-0.39, 0.29) is 0 Å². The quantitative estimate of drug-likeness (QED) is 0.615. The molecule has 11 heavy (non-hydrogen) atoms. The summed E-state index contributed by atoms with van der Waals surface area (Å²) in [6.45, 7) is 4.47. The van der Waals surface area contributed by atoms with E-state index < -0.39 is 0 Å². The molecule has 0 aromatic heterocycles. The van der Waals surface area contributed by atoms with E-state index in [4.69, 9.17) is 0 Å². The van der Waals surface area contributed by atoms with Gasteiger partial charge in [-0.05, 0) is 24.3 Å². The molecule has 0 fully saturated rings. The zero-order valence-electron chi connectivity index (χ0n) is 7.25. The molecule has 1 radical (unpaired) electrons. The van der Waals surface area contributed by atoms with Gasteiger partial charge < -0.3 is 0 Å². The lowest BCUT2D eigenvalue weighted by Crippen LogP contribution is -1.88. The Morgan fingerprint density at radius 3 is 2.36 bits per heavy atom. The van der Waals surface area contributed by atoms with Gasteiger partial charge in [0.25, 0.3) is 0 Å². The fourth-order valence-electron chi connectivity index (χ4n) is 0.961. The van der Waals surface area contributed by atoms with Crippen LogP contribution in [0.3, 0.4) is 0 Å². The number of rotatable bonds is 3. The Kier molecular flexibility index (Phi) is 3.15. The Morgan fingerprint density at radius 2 is 1.82 bits per heavy atom. The van der Waals surface area contributed by atoms with Gasteiger partial charge in [-0.15, -0.1) is 0 Å². The second-order valence-corrected chi connectivity index (χ2v) is 3.24. The molecule has 0 amide bonds. The molecule has 0 heteroatoms. The Hall–Kier alpha value is -0.780. The van der Waals surface area contributed by atoms with Crippen LogP contribution < -0.4 is 0 Å². The molecule has 1 aromatic carbocycles. The number of hydrogen-bond donors (Lipinski definition) is 0. The third kappa shape index (κ3) is 3.22. The zero-order chi connectivity index (χ0) is 8.10. The molecule has 1 aromatic rings. The van der Waals surface area contributed by atoms with Gasteiger partial charge in [-0.1, -0.05) is 44.2 Å². The van der Waals surface area contributed by atoms with Gasteiger partial charge >= 0.3 is 0 Å². The van der Waals surface area contributed by atoms with Crippen molar-refractivity contribution in [1.29, 1.82) is 0 Å². The molecule has 0 spiro atoms.